The van der Waals surface area contributed by atoms with Crippen LogP contribution in [0.5, 0.6) is 0 Å². The van der Waals surface area contributed by atoms with E-state index < -0.39 is 6.10 Å². The smallest absolute Gasteiger partial charge is 0.112 e. The van der Waals surface area contributed by atoms with Crippen molar-refractivity contribution in [1.29, 1.82) is 0 Å². The first-order valence-electron chi connectivity index (χ1n) is 7.95. The molecule has 2 rings (SSSR count). The summed E-state index contributed by atoms with van der Waals surface area (Å²) < 4.78 is 7.83. The maximum Gasteiger partial charge on any atom is 0.112 e. The minimum Gasteiger partial charge on any atom is -0.390 e. The van der Waals surface area contributed by atoms with E-state index in [0.29, 0.717) is 13.0 Å². The molecule has 116 valence electrons. The van der Waals surface area contributed by atoms with Crippen LogP contribution in [0.3, 0.4) is 0 Å². The highest BCUT2D eigenvalue weighted by Gasteiger charge is 2.21. The predicted molar refractivity (Wildman–Crippen MR) is 85.4 cm³/mol. The Morgan fingerprint density at radius 2 is 2.00 bits per heavy atom. The normalized spacial score (nSPS) is 14.5. The number of imidazole rings is 1. The third kappa shape index (κ3) is 3.63. The van der Waals surface area contributed by atoms with Crippen molar-refractivity contribution in [2.24, 2.45) is 0 Å². The zero-order chi connectivity index (χ0) is 15.2. The number of aryl methyl sites for hydroxylation is 1. The molecule has 2 unspecified atom stereocenters. The van der Waals surface area contributed by atoms with Gasteiger partial charge < -0.3 is 14.4 Å². The summed E-state index contributed by atoms with van der Waals surface area (Å²) in [6, 6.07) is 8.15. The lowest BCUT2D eigenvalue weighted by Gasteiger charge is -2.21. The second-order valence-electron chi connectivity index (χ2n) is 5.34. The van der Waals surface area contributed by atoms with Crippen LogP contribution in [0.2, 0.25) is 0 Å². The molecule has 4 heteroatoms. The van der Waals surface area contributed by atoms with Crippen molar-refractivity contribution >= 4 is 11.0 Å². The number of aromatic nitrogens is 2. The fraction of sp³-hybridized carbons (Fsp3) is 0.588. The van der Waals surface area contributed by atoms with Crippen LogP contribution in [0.15, 0.2) is 24.3 Å². The molecule has 1 aromatic carbocycles. The Hall–Kier alpha value is -1.39. The average molecular weight is 290 g/mol. The van der Waals surface area contributed by atoms with Crippen LogP contribution < -0.4 is 0 Å². The number of aliphatic hydroxyl groups is 1. The van der Waals surface area contributed by atoms with Gasteiger partial charge in [-0.1, -0.05) is 26.0 Å². The van der Waals surface area contributed by atoms with E-state index in [1.165, 1.54) is 0 Å². The topological polar surface area (TPSA) is 47.3 Å². The molecule has 4 nitrogen and oxygen atoms in total. The standard InChI is InChI=1S/C17H26N2O2/c1-4-11-19-14-10-8-7-9-13(14)18-17(19)12-15(20)16(5-2)21-6-3/h7-10,15-16,20H,4-6,11-12H2,1-3H3. The molecule has 0 spiro atoms. The molecule has 0 aliphatic rings. The minimum atomic E-state index is -0.512. The molecule has 1 aromatic heterocycles. The molecule has 0 saturated heterocycles. The van der Waals surface area contributed by atoms with E-state index in [2.05, 4.69) is 17.6 Å². The Morgan fingerprint density at radius 1 is 1.24 bits per heavy atom. The molecule has 0 radical (unpaired) electrons. The minimum absolute atomic E-state index is 0.120. The van der Waals surface area contributed by atoms with E-state index in [1.807, 2.05) is 32.0 Å². The van der Waals surface area contributed by atoms with Crippen LogP contribution in [-0.2, 0) is 17.7 Å². The largest absolute Gasteiger partial charge is 0.390 e. The molecule has 2 aromatic rings. The number of para-hydroxylation sites is 2. The van der Waals surface area contributed by atoms with Crippen LogP contribution in [0.25, 0.3) is 11.0 Å². The van der Waals surface area contributed by atoms with Gasteiger partial charge in [-0.3, -0.25) is 0 Å². The van der Waals surface area contributed by atoms with Crippen LogP contribution in [0, 0.1) is 0 Å². The molecule has 0 saturated carbocycles. The van der Waals surface area contributed by atoms with Crippen LogP contribution in [-0.4, -0.2) is 33.5 Å². The van der Waals surface area contributed by atoms with Gasteiger partial charge in [-0.05, 0) is 31.9 Å². The van der Waals surface area contributed by atoms with Crippen molar-refractivity contribution in [3.05, 3.63) is 30.1 Å². The number of hydrogen-bond donors (Lipinski definition) is 1. The van der Waals surface area contributed by atoms with Gasteiger partial charge in [0.05, 0.1) is 23.2 Å². The first-order valence-corrected chi connectivity index (χ1v) is 7.95. The van der Waals surface area contributed by atoms with Gasteiger partial charge in [0.2, 0.25) is 0 Å². The second-order valence-corrected chi connectivity index (χ2v) is 5.34. The molecule has 21 heavy (non-hydrogen) atoms. The highest BCUT2D eigenvalue weighted by molar-refractivity contribution is 5.75. The Balaban J connectivity index is 2.26. The number of hydrogen-bond acceptors (Lipinski definition) is 3. The lowest BCUT2D eigenvalue weighted by Crippen LogP contribution is -2.31. The molecule has 0 aliphatic heterocycles. The lowest BCUT2D eigenvalue weighted by molar-refractivity contribution is -0.0344. The Morgan fingerprint density at radius 3 is 2.67 bits per heavy atom. The van der Waals surface area contributed by atoms with Gasteiger partial charge in [-0.25, -0.2) is 4.98 Å². The molecule has 0 amide bonds. The summed E-state index contributed by atoms with van der Waals surface area (Å²) in [6.07, 6.45) is 1.76. The lowest BCUT2D eigenvalue weighted by atomic mass is 10.1. The maximum absolute atomic E-state index is 10.4. The van der Waals surface area contributed by atoms with E-state index in [-0.39, 0.29) is 6.10 Å². The zero-order valence-electron chi connectivity index (χ0n) is 13.2. The molecule has 1 heterocycles. The molecule has 1 N–H and O–H groups in total. The summed E-state index contributed by atoms with van der Waals surface area (Å²) in [6.45, 7) is 7.71. The molecule has 2 atom stereocenters. The van der Waals surface area contributed by atoms with Crippen molar-refractivity contribution in [1.82, 2.24) is 9.55 Å². The summed E-state index contributed by atoms with van der Waals surface area (Å²) in [4.78, 5) is 4.70. The number of rotatable bonds is 8. The van der Waals surface area contributed by atoms with Crippen molar-refractivity contribution in [2.45, 2.75) is 58.8 Å². The third-order valence-corrected chi connectivity index (χ3v) is 3.78. The van der Waals surface area contributed by atoms with Gasteiger partial charge in [0.1, 0.15) is 5.82 Å². The maximum atomic E-state index is 10.4. The second kappa shape index (κ2) is 7.57. The van der Waals surface area contributed by atoms with Crippen LogP contribution in [0.4, 0.5) is 0 Å². The number of aliphatic hydroxyl groups excluding tert-OH is 1. The van der Waals surface area contributed by atoms with Gasteiger partial charge >= 0.3 is 0 Å². The van der Waals surface area contributed by atoms with E-state index in [9.17, 15) is 5.11 Å². The number of benzene rings is 1. The highest BCUT2D eigenvalue weighted by Crippen LogP contribution is 2.19. The fourth-order valence-electron chi connectivity index (χ4n) is 2.79. The average Bonchev–Trinajstić information content (AvgIpc) is 2.83. The summed E-state index contributed by atoms with van der Waals surface area (Å²) in [7, 11) is 0. The molecule has 0 fully saturated rings. The monoisotopic (exact) mass is 290 g/mol. The number of fused-ring (bicyclic) bond motifs is 1. The van der Waals surface area contributed by atoms with Crippen LogP contribution >= 0.6 is 0 Å². The highest BCUT2D eigenvalue weighted by atomic mass is 16.5. The van der Waals surface area contributed by atoms with Crippen molar-refractivity contribution in [3.63, 3.8) is 0 Å². The molecule has 0 aliphatic carbocycles. The SMILES string of the molecule is CCCn1c(CC(O)C(CC)OCC)nc2ccccc21. The first-order chi connectivity index (χ1) is 10.2. The number of nitrogens with zero attached hydrogens (tertiary/aromatic N) is 2. The van der Waals surface area contributed by atoms with E-state index >= 15 is 0 Å². The van der Waals surface area contributed by atoms with Gasteiger partial charge in [-0.2, -0.15) is 0 Å². The van der Waals surface area contributed by atoms with Gasteiger partial charge in [0.15, 0.2) is 0 Å². The van der Waals surface area contributed by atoms with Crippen molar-refractivity contribution < 1.29 is 9.84 Å². The Labute approximate surface area is 126 Å². The number of ether oxygens (including phenoxy) is 1. The third-order valence-electron chi connectivity index (χ3n) is 3.78. The Kier molecular flexibility index (Phi) is 5.76. The zero-order valence-corrected chi connectivity index (χ0v) is 13.2. The first kappa shape index (κ1) is 16.0. The van der Waals surface area contributed by atoms with E-state index in [1.54, 1.807) is 0 Å². The van der Waals surface area contributed by atoms with Gasteiger partial charge in [0, 0.05) is 19.6 Å². The predicted octanol–water partition coefficient (Wildman–Crippen LogP) is 3.16. The molecule has 0 bridgehead atoms. The van der Waals surface area contributed by atoms with E-state index in [0.717, 1.165) is 36.2 Å². The Bertz CT molecular complexity index is 565. The van der Waals surface area contributed by atoms with Crippen molar-refractivity contribution in [2.75, 3.05) is 6.61 Å². The van der Waals surface area contributed by atoms with E-state index in [4.69, 9.17) is 9.72 Å². The van der Waals surface area contributed by atoms with Crippen molar-refractivity contribution in [3.8, 4) is 0 Å². The summed E-state index contributed by atoms with van der Waals surface area (Å²) in [5.74, 6) is 0.948. The van der Waals surface area contributed by atoms with Gasteiger partial charge in [0.25, 0.3) is 0 Å². The summed E-state index contributed by atoms with van der Waals surface area (Å²) in [5.41, 5.74) is 2.14. The molecular formula is C17H26N2O2. The quantitative estimate of drug-likeness (QED) is 0.812. The summed E-state index contributed by atoms with van der Waals surface area (Å²) in [5, 5.41) is 10.4. The summed E-state index contributed by atoms with van der Waals surface area (Å²) >= 11 is 0. The fourth-order valence-corrected chi connectivity index (χ4v) is 2.79. The van der Waals surface area contributed by atoms with Crippen LogP contribution in [0.1, 0.15) is 39.4 Å². The molecular weight excluding hydrogens is 264 g/mol. The van der Waals surface area contributed by atoms with Gasteiger partial charge in [-0.15, -0.1) is 0 Å².